The first-order chi connectivity index (χ1) is 22.7. The van der Waals surface area contributed by atoms with Gasteiger partial charge in [0, 0.05) is 0 Å². The van der Waals surface area contributed by atoms with E-state index in [2.05, 4.69) is 194 Å². The van der Waals surface area contributed by atoms with Crippen molar-refractivity contribution in [1.29, 1.82) is 0 Å². The van der Waals surface area contributed by atoms with Crippen LogP contribution in [0.3, 0.4) is 0 Å². The van der Waals surface area contributed by atoms with Gasteiger partial charge in [0.05, 0.1) is 0 Å². The third kappa shape index (κ3) is 7.11. The number of hydrogen-bond donors (Lipinski definition) is 0. The van der Waals surface area contributed by atoms with Crippen LogP contribution in [0.4, 0.5) is 0 Å². The maximum atomic E-state index is 2.54. The zero-order chi connectivity index (χ0) is 36.2. The van der Waals surface area contributed by atoms with Crippen LogP contribution in [0.25, 0.3) is 21.5 Å². The lowest BCUT2D eigenvalue weighted by atomic mass is 9.81. The minimum Gasteiger partial charge on any atom is -0.0672 e. The maximum Gasteiger partial charge on any atom is 0.120 e. The molecule has 1 heteroatoms. The summed E-state index contributed by atoms with van der Waals surface area (Å²) < 4.78 is 0. The molecule has 4 aromatic rings. The van der Waals surface area contributed by atoms with Crippen molar-refractivity contribution in [2.75, 3.05) is 0 Å². The molecule has 49 heavy (non-hydrogen) atoms. The molecule has 4 aromatic carbocycles. The molecule has 0 saturated heterocycles. The predicted octanol–water partition coefficient (Wildman–Crippen LogP) is 14.0. The Morgan fingerprint density at radius 2 is 0.612 bits per heavy atom. The van der Waals surface area contributed by atoms with E-state index in [4.69, 9.17) is 0 Å². The first-order valence-electron chi connectivity index (χ1n) is 18.7. The van der Waals surface area contributed by atoms with Gasteiger partial charge < -0.3 is 0 Å². The van der Waals surface area contributed by atoms with Crippen molar-refractivity contribution in [3.05, 3.63) is 142 Å². The molecule has 0 spiro atoms. The van der Waals surface area contributed by atoms with E-state index in [1.54, 1.807) is 10.4 Å². The van der Waals surface area contributed by atoms with Gasteiger partial charge in [0.15, 0.2) is 0 Å². The van der Waals surface area contributed by atoms with E-state index in [1.165, 1.54) is 55.7 Å². The zero-order valence-electron chi connectivity index (χ0n) is 33.2. The lowest BCUT2D eigenvalue weighted by Gasteiger charge is -2.34. The lowest BCUT2D eigenvalue weighted by Crippen LogP contribution is -2.35. The van der Waals surface area contributed by atoms with Crippen molar-refractivity contribution in [2.45, 2.75) is 131 Å². The highest BCUT2D eigenvalue weighted by Crippen LogP contribution is 2.59. The zero-order valence-corrected chi connectivity index (χ0v) is 34.2. The van der Waals surface area contributed by atoms with E-state index in [9.17, 15) is 0 Å². The first-order valence-corrected chi connectivity index (χ1v) is 21.1. The summed E-state index contributed by atoms with van der Waals surface area (Å²) in [6.45, 7) is 33.1. The van der Waals surface area contributed by atoms with Crippen molar-refractivity contribution in [2.24, 2.45) is 0 Å². The van der Waals surface area contributed by atoms with Crippen LogP contribution in [0, 0.1) is 0 Å². The Balaban J connectivity index is 2.04. The van der Waals surface area contributed by atoms with Crippen LogP contribution < -0.4 is 0 Å². The molecule has 0 aliphatic carbocycles. The number of benzene rings is 4. The molecule has 0 nitrogen and oxygen atoms in total. The van der Waals surface area contributed by atoms with Gasteiger partial charge in [-0.3, -0.25) is 0 Å². The van der Waals surface area contributed by atoms with E-state index in [-0.39, 0.29) is 21.7 Å². The average Bonchev–Trinajstić information content (AvgIpc) is 3.35. The van der Waals surface area contributed by atoms with Gasteiger partial charge >= 0.3 is 0 Å². The normalized spacial score (nSPS) is 15.7. The topological polar surface area (TPSA) is 0 Å². The minimum absolute atomic E-state index is 0.0470. The van der Waals surface area contributed by atoms with E-state index in [0.29, 0.717) is 0 Å². The summed E-state index contributed by atoms with van der Waals surface area (Å²) >= 11 is 0. The van der Waals surface area contributed by atoms with Gasteiger partial charge in [-0.25, -0.2) is 0 Å². The van der Waals surface area contributed by atoms with Crippen LogP contribution in [-0.4, -0.2) is 8.07 Å². The van der Waals surface area contributed by atoms with Crippen molar-refractivity contribution < 1.29 is 0 Å². The fraction of sp³-hybridized carbons (Fsp3) is 0.417. The quantitative estimate of drug-likeness (QED) is 0.180. The smallest absolute Gasteiger partial charge is 0.0672 e. The second-order valence-electron chi connectivity index (χ2n) is 18.6. The summed E-state index contributed by atoms with van der Waals surface area (Å²) in [6, 6.07) is 40.5. The SMILES string of the molecule is CC[Si]1(CC)C(c2cccc(C(C)(C)C)c2)=C(c2cccc(C(C)(C)C)c2)C(c2cccc(C(C)(C)C)c2)=C1c1cccc(C(C)(C)C)c1. The van der Waals surface area contributed by atoms with Gasteiger partial charge in [-0.05, 0) is 87.7 Å². The van der Waals surface area contributed by atoms with Crippen LogP contribution in [-0.2, 0) is 21.7 Å². The fourth-order valence-corrected chi connectivity index (χ4v) is 12.9. The molecule has 0 unspecified atom stereocenters. The second kappa shape index (κ2) is 13.0. The molecule has 0 aromatic heterocycles. The summed E-state index contributed by atoms with van der Waals surface area (Å²) in [6.07, 6.45) is 0. The Morgan fingerprint density at radius 3 is 0.857 bits per heavy atom. The third-order valence-corrected chi connectivity index (χ3v) is 16.4. The summed E-state index contributed by atoms with van der Waals surface area (Å²) in [5, 5.41) is 3.23. The highest BCUT2D eigenvalue weighted by Gasteiger charge is 2.48. The Labute approximate surface area is 300 Å². The molecule has 0 fully saturated rings. The number of allylic oxidation sites excluding steroid dienone is 2. The molecule has 1 heterocycles. The molecule has 258 valence electrons. The first kappa shape index (κ1) is 36.8. The highest BCUT2D eigenvalue weighted by atomic mass is 28.3. The van der Waals surface area contributed by atoms with Gasteiger partial charge in [0.2, 0.25) is 0 Å². The van der Waals surface area contributed by atoms with Crippen molar-refractivity contribution in [1.82, 2.24) is 0 Å². The molecule has 0 atom stereocenters. The molecular weight excluding hydrogens is 605 g/mol. The third-order valence-electron chi connectivity index (χ3n) is 11.0. The van der Waals surface area contributed by atoms with Crippen LogP contribution >= 0.6 is 0 Å². The molecular formula is C48H62Si. The second-order valence-corrected chi connectivity index (χ2v) is 23.2. The molecule has 0 saturated carbocycles. The van der Waals surface area contributed by atoms with E-state index in [1.807, 2.05) is 0 Å². The predicted molar refractivity (Wildman–Crippen MR) is 221 cm³/mol. The molecule has 1 aliphatic heterocycles. The van der Waals surface area contributed by atoms with Crippen molar-refractivity contribution >= 4 is 29.6 Å². The van der Waals surface area contributed by atoms with Crippen LogP contribution in [0.1, 0.15) is 141 Å². The largest absolute Gasteiger partial charge is 0.120 e. The Bertz CT molecular complexity index is 1760. The monoisotopic (exact) mass is 666 g/mol. The highest BCUT2D eigenvalue weighted by molar-refractivity contribution is 7.14. The van der Waals surface area contributed by atoms with Crippen molar-refractivity contribution in [3.63, 3.8) is 0 Å². The summed E-state index contributed by atoms with van der Waals surface area (Å²) in [5.74, 6) is 0. The molecule has 1 aliphatic rings. The van der Waals surface area contributed by atoms with Gasteiger partial charge in [-0.2, -0.15) is 0 Å². The standard InChI is InChI=1S/C48H62Si/c1-15-49(16-2)43(35-23-19-27-39(31-35)47(9,10)11)41(33-21-17-25-37(29-33)45(3,4)5)42(34-22-18-26-38(30-34)46(6,7)8)44(49)36-24-20-28-40(32-36)48(12,13)14/h17-32H,15-16H2,1-14H3. The Kier molecular flexibility index (Phi) is 9.80. The molecule has 0 N–H and O–H groups in total. The molecule has 0 radical (unpaired) electrons. The van der Waals surface area contributed by atoms with Crippen LogP contribution in [0.5, 0.6) is 0 Å². The molecule has 0 bridgehead atoms. The van der Waals surface area contributed by atoms with Gasteiger partial charge in [0.25, 0.3) is 0 Å². The van der Waals surface area contributed by atoms with Gasteiger partial charge in [0.1, 0.15) is 8.07 Å². The molecule has 0 amide bonds. The van der Waals surface area contributed by atoms with Crippen LogP contribution in [0.15, 0.2) is 97.1 Å². The lowest BCUT2D eigenvalue weighted by molar-refractivity contribution is 0.589. The van der Waals surface area contributed by atoms with E-state index < -0.39 is 8.07 Å². The summed E-state index contributed by atoms with van der Waals surface area (Å²) in [4.78, 5) is 0. The number of rotatable bonds is 6. The molecule has 5 rings (SSSR count). The van der Waals surface area contributed by atoms with Gasteiger partial charge in [-0.15, -0.1) is 0 Å². The summed E-state index contributed by atoms with van der Waals surface area (Å²) in [5.41, 5.74) is 14.2. The van der Waals surface area contributed by atoms with E-state index >= 15 is 0 Å². The van der Waals surface area contributed by atoms with Crippen LogP contribution in [0.2, 0.25) is 12.1 Å². The van der Waals surface area contributed by atoms with Crippen molar-refractivity contribution in [3.8, 4) is 0 Å². The summed E-state index contributed by atoms with van der Waals surface area (Å²) in [7, 11) is -2.34. The fourth-order valence-electron chi connectivity index (χ4n) is 7.79. The Morgan fingerprint density at radius 1 is 0.367 bits per heavy atom. The van der Waals surface area contributed by atoms with E-state index in [0.717, 1.165) is 12.1 Å². The number of hydrogen-bond acceptors (Lipinski definition) is 0. The maximum absolute atomic E-state index is 2.54. The Hall–Kier alpha value is -3.42. The van der Waals surface area contributed by atoms with Gasteiger partial charge in [-0.1, -0.05) is 206 Å². The minimum atomic E-state index is -2.34. The average molecular weight is 667 g/mol.